The molecule has 0 radical (unpaired) electrons. The number of rotatable bonds is 3. The second-order valence-electron chi connectivity index (χ2n) is 6.25. The Labute approximate surface area is 120 Å². The molecule has 1 saturated heterocycles. The first kappa shape index (κ1) is 16.5. The molecule has 0 saturated carbocycles. The standard InChI is InChI=1S/C14H25N3O3/c1-9(11(18)15-5)16-12(19)10-7-6-8-17(10)13(20)14(2,3)4/h9-10H,6-8H2,1-5H3,(H,15,18)(H,16,19)/t9-,10-/m0/s1. The van der Waals surface area contributed by atoms with Crippen LogP contribution in [0.15, 0.2) is 0 Å². The largest absolute Gasteiger partial charge is 0.357 e. The molecule has 0 bridgehead atoms. The number of likely N-dealkylation sites (N-methyl/N-ethyl adjacent to an activating group) is 1. The van der Waals surface area contributed by atoms with Crippen LogP contribution >= 0.6 is 0 Å². The normalized spacial score (nSPS) is 20.4. The number of hydrogen-bond acceptors (Lipinski definition) is 3. The third kappa shape index (κ3) is 3.71. The van der Waals surface area contributed by atoms with E-state index in [1.54, 1.807) is 11.8 Å². The number of amides is 3. The van der Waals surface area contributed by atoms with Crippen LogP contribution in [0, 0.1) is 5.41 Å². The van der Waals surface area contributed by atoms with Gasteiger partial charge in [-0.25, -0.2) is 0 Å². The summed E-state index contributed by atoms with van der Waals surface area (Å²) in [4.78, 5) is 37.6. The minimum atomic E-state index is -0.598. The van der Waals surface area contributed by atoms with Crippen molar-refractivity contribution in [1.29, 1.82) is 0 Å². The van der Waals surface area contributed by atoms with Crippen LogP contribution in [0.25, 0.3) is 0 Å². The molecule has 1 rings (SSSR count). The molecular weight excluding hydrogens is 258 g/mol. The van der Waals surface area contributed by atoms with Crippen LogP contribution in [0.4, 0.5) is 0 Å². The number of hydrogen-bond donors (Lipinski definition) is 2. The number of carbonyl (C=O) groups is 3. The van der Waals surface area contributed by atoms with Crippen LogP contribution in [0.3, 0.4) is 0 Å². The maximum absolute atomic E-state index is 12.3. The molecule has 1 fully saturated rings. The summed E-state index contributed by atoms with van der Waals surface area (Å²) in [6.07, 6.45) is 1.46. The van der Waals surface area contributed by atoms with Crippen LogP contribution in [0.1, 0.15) is 40.5 Å². The average molecular weight is 283 g/mol. The van der Waals surface area contributed by atoms with Crippen molar-refractivity contribution in [1.82, 2.24) is 15.5 Å². The van der Waals surface area contributed by atoms with Crippen molar-refractivity contribution in [2.24, 2.45) is 5.41 Å². The Morgan fingerprint density at radius 1 is 1.25 bits per heavy atom. The molecule has 6 nitrogen and oxygen atoms in total. The highest BCUT2D eigenvalue weighted by atomic mass is 16.2. The molecule has 0 aromatic heterocycles. The van der Waals surface area contributed by atoms with E-state index in [-0.39, 0.29) is 17.7 Å². The fourth-order valence-electron chi connectivity index (χ4n) is 2.30. The first-order chi connectivity index (χ1) is 9.18. The lowest BCUT2D eigenvalue weighted by molar-refractivity contribution is -0.145. The first-order valence-electron chi connectivity index (χ1n) is 7.01. The Morgan fingerprint density at radius 2 is 1.85 bits per heavy atom. The Bertz CT molecular complexity index is 401. The van der Waals surface area contributed by atoms with Crippen molar-refractivity contribution in [3.05, 3.63) is 0 Å². The van der Waals surface area contributed by atoms with E-state index >= 15 is 0 Å². The molecular formula is C14H25N3O3. The monoisotopic (exact) mass is 283 g/mol. The summed E-state index contributed by atoms with van der Waals surface area (Å²) in [6.45, 7) is 7.76. The van der Waals surface area contributed by atoms with Gasteiger partial charge in [-0.15, -0.1) is 0 Å². The molecule has 0 unspecified atom stereocenters. The SMILES string of the molecule is CNC(=O)[C@H](C)NC(=O)[C@@H]1CCCN1C(=O)C(C)(C)C. The summed E-state index contributed by atoms with van der Waals surface area (Å²) in [5.74, 6) is -0.524. The zero-order chi connectivity index (χ0) is 15.5. The molecule has 1 aliphatic rings. The van der Waals surface area contributed by atoms with Crippen LogP contribution in [-0.4, -0.2) is 48.3 Å². The third-order valence-corrected chi connectivity index (χ3v) is 3.46. The molecule has 1 aliphatic heterocycles. The summed E-state index contributed by atoms with van der Waals surface area (Å²) in [5.41, 5.74) is -0.505. The zero-order valence-electron chi connectivity index (χ0n) is 12.9. The number of likely N-dealkylation sites (tertiary alicyclic amines) is 1. The van der Waals surface area contributed by atoms with Crippen LogP contribution in [0.5, 0.6) is 0 Å². The summed E-state index contributed by atoms with van der Waals surface area (Å²) >= 11 is 0. The van der Waals surface area contributed by atoms with Gasteiger partial charge in [0, 0.05) is 19.0 Å². The average Bonchev–Trinajstić information content (AvgIpc) is 2.84. The van der Waals surface area contributed by atoms with Gasteiger partial charge in [-0.1, -0.05) is 20.8 Å². The van der Waals surface area contributed by atoms with Crippen molar-refractivity contribution in [2.45, 2.75) is 52.6 Å². The Morgan fingerprint density at radius 3 is 2.35 bits per heavy atom. The molecule has 114 valence electrons. The molecule has 3 amide bonds. The van der Waals surface area contributed by atoms with Crippen molar-refractivity contribution >= 4 is 17.7 Å². The predicted octanol–water partition coefficient (Wildman–Crippen LogP) is 0.274. The fraction of sp³-hybridized carbons (Fsp3) is 0.786. The Balaban J connectivity index is 2.72. The quantitative estimate of drug-likeness (QED) is 0.780. The molecule has 0 aromatic rings. The highest BCUT2D eigenvalue weighted by molar-refractivity contribution is 5.93. The lowest BCUT2D eigenvalue weighted by Crippen LogP contribution is -2.53. The van der Waals surface area contributed by atoms with Gasteiger partial charge in [0.1, 0.15) is 12.1 Å². The molecule has 2 N–H and O–H groups in total. The number of nitrogens with zero attached hydrogens (tertiary/aromatic N) is 1. The lowest BCUT2D eigenvalue weighted by Gasteiger charge is -2.30. The highest BCUT2D eigenvalue weighted by Gasteiger charge is 2.38. The molecule has 0 spiro atoms. The molecule has 1 heterocycles. The molecule has 20 heavy (non-hydrogen) atoms. The van der Waals surface area contributed by atoms with Crippen molar-refractivity contribution in [3.8, 4) is 0 Å². The van der Waals surface area contributed by atoms with Gasteiger partial charge in [-0.05, 0) is 19.8 Å². The zero-order valence-corrected chi connectivity index (χ0v) is 12.9. The predicted molar refractivity (Wildman–Crippen MR) is 75.9 cm³/mol. The van der Waals surface area contributed by atoms with Crippen molar-refractivity contribution < 1.29 is 14.4 Å². The van der Waals surface area contributed by atoms with Crippen LogP contribution in [-0.2, 0) is 14.4 Å². The molecule has 2 atom stereocenters. The van der Waals surface area contributed by atoms with Gasteiger partial charge in [-0.3, -0.25) is 14.4 Å². The van der Waals surface area contributed by atoms with E-state index in [0.717, 1.165) is 6.42 Å². The topological polar surface area (TPSA) is 78.5 Å². The highest BCUT2D eigenvalue weighted by Crippen LogP contribution is 2.25. The first-order valence-corrected chi connectivity index (χ1v) is 7.01. The summed E-state index contributed by atoms with van der Waals surface area (Å²) in [5, 5.41) is 5.15. The second-order valence-corrected chi connectivity index (χ2v) is 6.25. The Hall–Kier alpha value is -1.59. The van der Waals surface area contributed by atoms with Crippen LogP contribution < -0.4 is 10.6 Å². The van der Waals surface area contributed by atoms with Gasteiger partial charge in [0.05, 0.1) is 0 Å². The molecule has 0 aromatic carbocycles. The van der Waals surface area contributed by atoms with Crippen molar-refractivity contribution in [3.63, 3.8) is 0 Å². The molecule has 6 heteroatoms. The van der Waals surface area contributed by atoms with E-state index < -0.39 is 17.5 Å². The van der Waals surface area contributed by atoms with E-state index in [0.29, 0.717) is 13.0 Å². The fourth-order valence-corrected chi connectivity index (χ4v) is 2.30. The minimum absolute atomic E-state index is 0.0252. The van der Waals surface area contributed by atoms with Gasteiger partial charge >= 0.3 is 0 Å². The smallest absolute Gasteiger partial charge is 0.243 e. The van der Waals surface area contributed by atoms with Crippen LogP contribution in [0.2, 0.25) is 0 Å². The van der Waals surface area contributed by atoms with E-state index in [2.05, 4.69) is 10.6 Å². The maximum Gasteiger partial charge on any atom is 0.243 e. The summed E-state index contributed by atoms with van der Waals surface area (Å²) < 4.78 is 0. The van der Waals surface area contributed by atoms with Gasteiger partial charge < -0.3 is 15.5 Å². The van der Waals surface area contributed by atoms with E-state index in [9.17, 15) is 14.4 Å². The van der Waals surface area contributed by atoms with Gasteiger partial charge in [0.2, 0.25) is 17.7 Å². The second kappa shape index (κ2) is 6.24. The maximum atomic E-state index is 12.3. The number of nitrogens with one attached hydrogen (secondary N) is 2. The Kier molecular flexibility index (Phi) is 5.14. The summed E-state index contributed by atoms with van der Waals surface area (Å²) in [7, 11) is 1.52. The summed E-state index contributed by atoms with van der Waals surface area (Å²) in [6, 6.07) is -1.06. The molecule has 0 aliphatic carbocycles. The van der Waals surface area contributed by atoms with Crippen molar-refractivity contribution in [2.75, 3.05) is 13.6 Å². The van der Waals surface area contributed by atoms with E-state index in [4.69, 9.17) is 0 Å². The number of carbonyl (C=O) groups excluding carboxylic acids is 3. The van der Waals surface area contributed by atoms with Gasteiger partial charge in [0.25, 0.3) is 0 Å². The lowest BCUT2D eigenvalue weighted by atomic mass is 9.94. The van der Waals surface area contributed by atoms with Gasteiger partial charge in [0.15, 0.2) is 0 Å². The van der Waals surface area contributed by atoms with Gasteiger partial charge in [-0.2, -0.15) is 0 Å². The van der Waals surface area contributed by atoms with E-state index in [1.165, 1.54) is 7.05 Å². The van der Waals surface area contributed by atoms with E-state index in [1.807, 2.05) is 20.8 Å². The minimum Gasteiger partial charge on any atom is -0.357 e. The third-order valence-electron chi connectivity index (χ3n) is 3.46.